The second-order valence-corrected chi connectivity index (χ2v) is 7.48. The van der Waals surface area contributed by atoms with E-state index in [1.54, 1.807) is 0 Å². The molecule has 0 fully saturated rings. The Hall–Kier alpha value is -4.41. The first-order valence-electron chi connectivity index (χ1n) is 10.5. The first-order chi connectivity index (χ1) is 16.4. The third kappa shape index (κ3) is 5.14. The molecular weight excluding hydrogens is 443 g/mol. The Labute approximate surface area is 192 Å². The van der Waals surface area contributed by atoms with Gasteiger partial charge in [-0.15, -0.1) is 0 Å². The van der Waals surface area contributed by atoms with Gasteiger partial charge in [-0.3, -0.25) is 14.2 Å². The summed E-state index contributed by atoms with van der Waals surface area (Å²) in [5.74, 6) is -0.615. The van der Waals surface area contributed by atoms with Gasteiger partial charge in [-0.05, 0) is 36.2 Å². The summed E-state index contributed by atoms with van der Waals surface area (Å²) in [7, 11) is 1.29. The number of hydrogen-bond acceptors (Lipinski definition) is 7. The summed E-state index contributed by atoms with van der Waals surface area (Å²) in [6.07, 6.45) is 1.01. The molecule has 2 aromatic carbocycles. The van der Waals surface area contributed by atoms with Gasteiger partial charge in [-0.2, -0.15) is 14.8 Å². The largest absolute Gasteiger partial charge is 0.356 e. The topological polar surface area (TPSA) is 125 Å². The van der Waals surface area contributed by atoms with E-state index in [0.717, 1.165) is 21.2 Å². The van der Waals surface area contributed by atoms with Gasteiger partial charge in [0.1, 0.15) is 5.82 Å². The summed E-state index contributed by atoms with van der Waals surface area (Å²) < 4.78 is 20.2. The Bertz CT molecular complexity index is 1410. The highest BCUT2D eigenvalue weighted by Gasteiger charge is 2.19. The van der Waals surface area contributed by atoms with Crippen LogP contribution in [0.5, 0.6) is 0 Å². The van der Waals surface area contributed by atoms with Gasteiger partial charge >= 0.3 is 5.69 Å². The highest BCUT2D eigenvalue weighted by Crippen LogP contribution is 2.11. The number of carbonyl (C=O) groups is 1. The molecule has 1 amide bonds. The Morgan fingerprint density at radius 1 is 1.06 bits per heavy atom. The van der Waals surface area contributed by atoms with E-state index in [1.165, 1.54) is 31.3 Å². The molecule has 2 aromatic heterocycles. The molecule has 174 valence electrons. The van der Waals surface area contributed by atoms with Crippen LogP contribution in [0.4, 0.5) is 4.39 Å². The van der Waals surface area contributed by atoms with Crippen molar-refractivity contribution in [2.75, 3.05) is 6.54 Å². The van der Waals surface area contributed by atoms with E-state index >= 15 is 0 Å². The summed E-state index contributed by atoms with van der Waals surface area (Å²) in [6, 6.07) is 14.9. The second kappa shape index (κ2) is 10.0. The minimum absolute atomic E-state index is 0.115. The number of carbonyl (C=O) groups excluding carboxylic acids is 1. The van der Waals surface area contributed by atoms with Crippen molar-refractivity contribution in [2.24, 2.45) is 7.05 Å². The van der Waals surface area contributed by atoms with Crippen LogP contribution in [0, 0.1) is 5.82 Å². The number of hydrogen-bond donors (Lipinski definition) is 1. The number of amides is 1. The van der Waals surface area contributed by atoms with E-state index in [9.17, 15) is 18.8 Å². The van der Waals surface area contributed by atoms with Gasteiger partial charge < -0.3 is 9.84 Å². The summed E-state index contributed by atoms with van der Waals surface area (Å²) in [5, 5.41) is 10.7. The van der Waals surface area contributed by atoms with Crippen molar-refractivity contribution in [3.05, 3.63) is 92.7 Å². The second-order valence-electron chi connectivity index (χ2n) is 7.48. The van der Waals surface area contributed by atoms with Crippen molar-refractivity contribution >= 4 is 5.91 Å². The van der Waals surface area contributed by atoms with Gasteiger partial charge in [0.15, 0.2) is 5.69 Å². The number of benzene rings is 2. The van der Waals surface area contributed by atoms with Crippen molar-refractivity contribution in [1.29, 1.82) is 0 Å². The molecule has 0 aliphatic rings. The first kappa shape index (κ1) is 22.8. The third-order valence-electron chi connectivity index (χ3n) is 5.07. The lowest BCUT2D eigenvalue weighted by molar-refractivity contribution is -0.121. The molecular formula is C23H21FN6O4. The number of nitrogens with one attached hydrogen (secondary N) is 1. The van der Waals surface area contributed by atoms with Crippen LogP contribution in [-0.2, 0) is 24.7 Å². The fourth-order valence-electron chi connectivity index (χ4n) is 3.22. The van der Waals surface area contributed by atoms with Gasteiger partial charge in [-0.1, -0.05) is 35.5 Å². The first-order valence-corrected chi connectivity index (χ1v) is 10.5. The van der Waals surface area contributed by atoms with E-state index in [1.807, 2.05) is 30.3 Å². The van der Waals surface area contributed by atoms with E-state index in [2.05, 4.69) is 20.6 Å². The molecule has 4 rings (SSSR count). The molecule has 34 heavy (non-hydrogen) atoms. The molecule has 11 heteroatoms. The summed E-state index contributed by atoms with van der Waals surface area (Å²) in [5.41, 5.74) is -0.251. The highest BCUT2D eigenvalue weighted by atomic mass is 19.1. The lowest BCUT2D eigenvalue weighted by Crippen LogP contribution is -2.40. The summed E-state index contributed by atoms with van der Waals surface area (Å²) in [6.45, 7) is 0.503. The third-order valence-corrected chi connectivity index (χ3v) is 5.07. The van der Waals surface area contributed by atoms with Crippen LogP contribution in [-0.4, -0.2) is 36.9 Å². The van der Waals surface area contributed by atoms with E-state index in [4.69, 9.17) is 4.52 Å². The number of aromatic nitrogens is 5. The van der Waals surface area contributed by atoms with Crippen LogP contribution >= 0.6 is 0 Å². The van der Waals surface area contributed by atoms with Crippen LogP contribution in [0.3, 0.4) is 0 Å². The lowest BCUT2D eigenvalue weighted by atomic mass is 10.1. The maximum Gasteiger partial charge on any atom is 0.351 e. The minimum atomic E-state index is -0.714. The molecule has 2 heterocycles. The number of nitrogens with zero attached hydrogens (tertiary/aromatic N) is 5. The van der Waals surface area contributed by atoms with Crippen LogP contribution in [0.2, 0.25) is 0 Å². The molecule has 0 radical (unpaired) electrons. The Morgan fingerprint density at radius 2 is 1.79 bits per heavy atom. The van der Waals surface area contributed by atoms with Crippen LogP contribution in [0.1, 0.15) is 17.9 Å². The van der Waals surface area contributed by atoms with Gasteiger partial charge in [0.05, 0.1) is 5.69 Å². The van der Waals surface area contributed by atoms with Crippen LogP contribution < -0.4 is 16.6 Å². The fraction of sp³-hybridized carbons (Fsp3) is 0.217. The predicted octanol–water partition coefficient (Wildman–Crippen LogP) is 1.41. The van der Waals surface area contributed by atoms with Crippen molar-refractivity contribution < 1.29 is 13.7 Å². The van der Waals surface area contributed by atoms with E-state index in [-0.39, 0.29) is 41.8 Å². The molecule has 0 saturated heterocycles. The minimum Gasteiger partial charge on any atom is -0.356 e. The van der Waals surface area contributed by atoms with E-state index in [0.29, 0.717) is 6.54 Å². The Morgan fingerprint density at radius 3 is 2.53 bits per heavy atom. The zero-order chi connectivity index (χ0) is 24.1. The van der Waals surface area contributed by atoms with E-state index < -0.39 is 17.1 Å². The molecule has 0 aliphatic carbocycles. The molecule has 10 nitrogen and oxygen atoms in total. The Balaban J connectivity index is 1.44. The fourth-order valence-corrected chi connectivity index (χ4v) is 3.22. The van der Waals surface area contributed by atoms with Crippen molar-refractivity contribution in [3.63, 3.8) is 0 Å². The maximum absolute atomic E-state index is 13.2. The molecule has 0 saturated carbocycles. The average Bonchev–Trinajstić information content (AvgIpc) is 3.32. The maximum atomic E-state index is 13.2. The van der Waals surface area contributed by atoms with Crippen molar-refractivity contribution in [3.8, 4) is 17.2 Å². The van der Waals surface area contributed by atoms with Gasteiger partial charge in [-0.25, -0.2) is 9.18 Å². The van der Waals surface area contributed by atoms with Crippen LogP contribution in [0.25, 0.3) is 17.2 Å². The predicted molar refractivity (Wildman–Crippen MR) is 120 cm³/mol. The monoisotopic (exact) mass is 464 g/mol. The summed E-state index contributed by atoms with van der Waals surface area (Å²) in [4.78, 5) is 41.3. The lowest BCUT2D eigenvalue weighted by Gasteiger charge is -2.07. The highest BCUT2D eigenvalue weighted by molar-refractivity contribution is 5.76. The SMILES string of the molecule is Cn1c(=O)c(-c2noc(CCC(=O)NCCc3ccccc3)n2)nn(-c2ccc(F)cc2)c1=O. The number of halogens is 1. The molecule has 0 unspecified atom stereocenters. The molecule has 1 N–H and O–H groups in total. The smallest absolute Gasteiger partial charge is 0.351 e. The molecule has 0 atom stereocenters. The molecule has 0 aliphatic heterocycles. The van der Waals surface area contributed by atoms with Crippen molar-refractivity contribution in [2.45, 2.75) is 19.3 Å². The molecule has 4 aromatic rings. The number of rotatable bonds is 8. The van der Waals surface area contributed by atoms with Crippen LogP contribution in [0.15, 0.2) is 68.7 Å². The average molecular weight is 464 g/mol. The summed E-state index contributed by atoms with van der Waals surface area (Å²) >= 11 is 0. The number of aryl methyl sites for hydroxylation is 1. The standard InChI is InChI=1S/C23H21FN6O4/c1-29-22(32)20(27-30(23(29)33)17-9-7-16(24)8-10-17)21-26-19(34-28-21)12-11-18(31)25-14-13-15-5-3-2-4-6-15/h2-10H,11-14H2,1H3,(H,25,31). The van der Waals surface area contributed by atoms with Crippen molar-refractivity contribution in [1.82, 2.24) is 29.8 Å². The molecule has 0 bridgehead atoms. The Kier molecular flexibility index (Phi) is 6.72. The zero-order valence-corrected chi connectivity index (χ0v) is 18.3. The van der Waals surface area contributed by atoms with Gasteiger partial charge in [0, 0.05) is 26.4 Å². The zero-order valence-electron chi connectivity index (χ0n) is 18.3. The quantitative estimate of drug-likeness (QED) is 0.418. The normalized spacial score (nSPS) is 10.9. The van der Waals surface area contributed by atoms with Gasteiger partial charge in [0.25, 0.3) is 5.56 Å². The van der Waals surface area contributed by atoms with Gasteiger partial charge in [0.2, 0.25) is 17.6 Å². The molecule has 0 spiro atoms.